The molecule has 0 atom stereocenters. The predicted octanol–water partition coefficient (Wildman–Crippen LogP) is 7.43. The second-order valence-corrected chi connectivity index (χ2v) is 9.55. The van der Waals surface area contributed by atoms with Gasteiger partial charge in [0.15, 0.2) is 16.7 Å². The van der Waals surface area contributed by atoms with Gasteiger partial charge in [-0.05, 0) is 84.3 Å². The summed E-state index contributed by atoms with van der Waals surface area (Å²) in [7, 11) is 0. The maximum atomic E-state index is 12.5. The molecule has 3 aromatic rings. The first-order valence-electron chi connectivity index (χ1n) is 11.2. The minimum Gasteiger partial charge on any atom is -0.490 e. The summed E-state index contributed by atoms with van der Waals surface area (Å²) in [6.45, 7) is 4.75. The Hall–Kier alpha value is -2.93. The lowest BCUT2D eigenvalue weighted by molar-refractivity contribution is -0.115. The predicted molar refractivity (Wildman–Crippen MR) is 145 cm³/mol. The van der Waals surface area contributed by atoms with Gasteiger partial charge < -0.3 is 14.8 Å². The van der Waals surface area contributed by atoms with Crippen molar-refractivity contribution in [2.24, 2.45) is 4.99 Å². The number of hydrogen-bond donors (Lipinski definition) is 1. The summed E-state index contributed by atoms with van der Waals surface area (Å²) in [5.74, 6) is 0.747. The van der Waals surface area contributed by atoms with Gasteiger partial charge in [0.05, 0.1) is 22.2 Å². The molecule has 1 fully saturated rings. The second kappa shape index (κ2) is 11.7. The molecular weight excluding hydrogens is 503 g/mol. The zero-order chi connectivity index (χ0) is 24.8. The van der Waals surface area contributed by atoms with Crippen molar-refractivity contribution >= 4 is 57.8 Å². The summed E-state index contributed by atoms with van der Waals surface area (Å²) < 4.78 is 11.8. The number of carbonyl (C=O) groups excluding carboxylic acids is 1. The molecule has 4 rings (SSSR count). The zero-order valence-corrected chi connectivity index (χ0v) is 21.6. The number of carbonyl (C=O) groups is 1. The van der Waals surface area contributed by atoms with Crippen molar-refractivity contribution < 1.29 is 14.3 Å². The highest BCUT2D eigenvalue weighted by Gasteiger charge is 2.24. The van der Waals surface area contributed by atoms with Crippen LogP contribution in [0.4, 0.5) is 5.69 Å². The topological polar surface area (TPSA) is 59.9 Å². The van der Waals surface area contributed by atoms with E-state index in [4.69, 9.17) is 32.7 Å². The van der Waals surface area contributed by atoms with Crippen LogP contribution in [0.5, 0.6) is 11.5 Å². The van der Waals surface area contributed by atoms with Crippen molar-refractivity contribution in [2.45, 2.75) is 26.9 Å². The van der Waals surface area contributed by atoms with Gasteiger partial charge in [0.2, 0.25) is 0 Å². The van der Waals surface area contributed by atoms with E-state index in [0.29, 0.717) is 44.8 Å². The molecule has 0 aromatic heterocycles. The first-order valence-corrected chi connectivity index (χ1v) is 12.7. The first-order chi connectivity index (χ1) is 16.9. The third-order valence-electron chi connectivity index (χ3n) is 5.15. The minimum absolute atomic E-state index is 0.212. The average molecular weight is 527 g/mol. The van der Waals surface area contributed by atoms with E-state index in [-0.39, 0.29) is 5.91 Å². The van der Waals surface area contributed by atoms with E-state index in [1.807, 2.05) is 61.5 Å². The van der Waals surface area contributed by atoms with Gasteiger partial charge in [-0.25, -0.2) is 4.99 Å². The van der Waals surface area contributed by atoms with Crippen molar-refractivity contribution in [3.63, 3.8) is 0 Å². The highest BCUT2D eigenvalue weighted by molar-refractivity contribution is 8.18. The normalized spacial score (nSPS) is 15.5. The fraction of sp³-hybridized carbons (Fsp3) is 0.185. The molecule has 0 spiro atoms. The number of aryl methyl sites for hydroxylation is 1. The average Bonchev–Trinajstić information content (AvgIpc) is 3.18. The van der Waals surface area contributed by atoms with E-state index in [1.54, 1.807) is 12.1 Å². The number of thioether (sulfide) groups is 1. The Morgan fingerprint density at radius 3 is 2.37 bits per heavy atom. The van der Waals surface area contributed by atoms with E-state index in [0.717, 1.165) is 23.2 Å². The zero-order valence-electron chi connectivity index (χ0n) is 19.3. The molecule has 0 radical (unpaired) electrons. The molecule has 1 aliphatic heterocycles. The Balaban J connectivity index is 1.53. The Morgan fingerprint density at radius 2 is 1.69 bits per heavy atom. The van der Waals surface area contributed by atoms with Crippen molar-refractivity contribution in [1.82, 2.24) is 5.32 Å². The van der Waals surface area contributed by atoms with Crippen LogP contribution in [0.1, 0.15) is 30.5 Å². The Kier molecular flexibility index (Phi) is 8.39. The van der Waals surface area contributed by atoms with Crippen LogP contribution in [0.3, 0.4) is 0 Å². The van der Waals surface area contributed by atoms with E-state index in [1.165, 1.54) is 17.3 Å². The number of aliphatic imine (C=N–C) groups is 1. The number of halogens is 2. The third-order valence-corrected chi connectivity index (χ3v) is 6.59. The lowest BCUT2D eigenvalue weighted by atomic mass is 10.1. The molecule has 1 N–H and O–H groups in total. The largest absolute Gasteiger partial charge is 0.490 e. The summed E-state index contributed by atoms with van der Waals surface area (Å²) in [4.78, 5) is 17.6. The lowest BCUT2D eigenvalue weighted by Gasteiger charge is -2.15. The number of ether oxygens (including phenoxy) is 2. The van der Waals surface area contributed by atoms with Crippen LogP contribution in [0.2, 0.25) is 10.0 Å². The highest BCUT2D eigenvalue weighted by Crippen LogP contribution is 2.39. The number of nitrogens with zero attached hydrogens (tertiary/aromatic N) is 1. The van der Waals surface area contributed by atoms with Crippen LogP contribution < -0.4 is 14.8 Å². The van der Waals surface area contributed by atoms with Crippen LogP contribution in [-0.4, -0.2) is 17.7 Å². The fourth-order valence-electron chi connectivity index (χ4n) is 3.37. The Bertz CT molecular complexity index is 1270. The molecule has 1 saturated heterocycles. The van der Waals surface area contributed by atoms with Gasteiger partial charge in [0.25, 0.3) is 5.91 Å². The summed E-state index contributed by atoms with van der Waals surface area (Å²) in [6, 6.07) is 18.9. The van der Waals surface area contributed by atoms with E-state index >= 15 is 0 Å². The van der Waals surface area contributed by atoms with E-state index in [9.17, 15) is 4.79 Å². The SMILES string of the molecule is CCOc1cc(/C=C2\SC(=Nc3ccc(CC)cc3)NC2=O)cc(Cl)c1OCc1ccc(Cl)cc1. The number of amides is 1. The molecule has 5 nitrogen and oxygen atoms in total. The van der Waals surface area contributed by atoms with Crippen LogP contribution in [-0.2, 0) is 17.8 Å². The maximum absolute atomic E-state index is 12.5. The number of benzene rings is 3. The summed E-state index contributed by atoms with van der Waals surface area (Å²) in [5.41, 5.74) is 3.70. The molecule has 1 aliphatic rings. The smallest absolute Gasteiger partial charge is 0.264 e. The van der Waals surface area contributed by atoms with Crippen LogP contribution in [0.15, 0.2) is 70.6 Å². The molecule has 35 heavy (non-hydrogen) atoms. The standard InChI is InChI=1S/C27H24Cl2N2O3S/c1-3-17-7-11-21(12-8-17)30-27-31-26(32)24(35-27)15-19-13-22(29)25(23(14-19)33-4-2)34-16-18-5-9-20(28)10-6-18/h5-15H,3-4,16H2,1-2H3,(H,30,31,32)/b24-15-. The van der Waals surface area contributed by atoms with Crippen molar-refractivity contribution in [1.29, 1.82) is 0 Å². The maximum Gasteiger partial charge on any atom is 0.264 e. The van der Waals surface area contributed by atoms with Crippen molar-refractivity contribution in [2.75, 3.05) is 6.61 Å². The molecular formula is C27H24Cl2N2O3S. The van der Waals surface area contributed by atoms with Crippen LogP contribution >= 0.6 is 35.0 Å². The van der Waals surface area contributed by atoms with Gasteiger partial charge in [-0.3, -0.25) is 4.79 Å². The van der Waals surface area contributed by atoms with Crippen LogP contribution in [0, 0.1) is 0 Å². The molecule has 3 aromatic carbocycles. The molecule has 0 unspecified atom stereocenters. The number of nitrogens with one attached hydrogen (secondary N) is 1. The second-order valence-electron chi connectivity index (χ2n) is 7.68. The Labute approximate surface area is 219 Å². The van der Waals surface area contributed by atoms with Gasteiger partial charge in [0, 0.05) is 5.02 Å². The van der Waals surface area contributed by atoms with Gasteiger partial charge in [0.1, 0.15) is 6.61 Å². The van der Waals surface area contributed by atoms with Gasteiger partial charge >= 0.3 is 0 Å². The monoisotopic (exact) mass is 526 g/mol. The van der Waals surface area contributed by atoms with Crippen LogP contribution in [0.25, 0.3) is 6.08 Å². The number of hydrogen-bond acceptors (Lipinski definition) is 5. The quantitative estimate of drug-likeness (QED) is 0.310. The minimum atomic E-state index is -0.212. The number of amidine groups is 1. The molecule has 180 valence electrons. The van der Waals surface area contributed by atoms with E-state index in [2.05, 4.69) is 17.2 Å². The van der Waals surface area contributed by atoms with Gasteiger partial charge in [-0.15, -0.1) is 0 Å². The van der Waals surface area contributed by atoms with E-state index < -0.39 is 0 Å². The highest BCUT2D eigenvalue weighted by atomic mass is 35.5. The Morgan fingerprint density at radius 1 is 0.971 bits per heavy atom. The lowest BCUT2D eigenvalue weighted by Crippen LogP contribution is -2.19. The molecule has 1 heterocycles. The molecule has 0 bridgehead atoms. The molecule has 0 aliphatic carbocycles. The first kappa shape index (κ1) is 25.2. The third kappa shape index (κ3) is 6.60. The van der Waals surface area contributed by atoms with Crippen molar-refractivity contribution in [3.8, 4) is 11.5 Å². The van der Waals surface area contributed by atoms with Gasteiger partial charge in [-0.1, -0.05) is 54.4 Å². The fourth-order valence-corrected chi connectivity index (χ4v) is 4.61. The molecule has 1 amide bonds. The van der Waals surface area contributed by atoms with Gasteiger partial charge in [-0.2, -0.15) is 0 Å². The summed E-state index contributed by atoms with van der Waals surface area (Å²) in [6.07, 6.45) is 2.73. The number of rotatable bonds is 8. The summed E-state index contributed by atoms with van der Waals surface area (Å²) in [5, 5.41) is 4.41. The molecule has 0 saturated carbocycles. The molecule has 8 heteroatoms. The van der Waals surface area contributed by atoms with Crippen molar-refractivity contribution in [3.05, 3.63) is 92.3 Å². The summed E-state index contributed by atoms with van der Waals surface area (Å²) >= 11 is 13.8.